The number of carbonyl (C=O) groups excluding carboxylic acids is 2. The molecule has 0 spiro atoms. The fourth-order valence-electron chi connectivity index (χ4n) is 4.15. The standard InChI is InChI=1S/C17H25N3O5S/c1-7-12-11(8(2)21)16(23)20(12)13(17(24)25)14(7)26-9-5-10(18-6-9)15(22)19(3)4/h7-12,18,21H,5-6H2,1-4H3,(H,24,25)/t7-,8?,9?,10?,11+,12+/m0/s1. The van der Waals surface area contributed by atoms with Gasteiger partial charge in [0.25, 0.3) is 0 Å². The van der Waals surface area contributed by atoms with E-state index in [0.717, 1.165) is 0 Å². The van der Waals surface area contributed by atoms with Gasteiger partial charge >= 0.3 is 5.97 Å². The lowest BCUT2D eigenvalue weighted by molar-refractivity contribution is -0.163. The first-order valence-electron chi connectivity index (χ1n) is 8.75. The topological polar surface area (TPSA) is 110 Å². The molecule has 0 aromatic carbocycles. The summed E-state index contributed by atoms with van der Waals surface area (Å²) in [6, 6.07) is -0.568. The van der Waals surface area contributed by atoms with Crippen molar-refractivity contribution in [3.63, 3.8) is 0 Å². The average Bonchev–Trinajstić information content (AvgIpc) is 3.09. The number of thioether (sulfide) groups is 1. The summed E-state index contributed by atoms with van der Waals surface area (Å²) in [4.78, 5) is 39.8. The second-order valence-electron chi connectivity index (χ2n) is 7.44. The third-order valence-electron chi connectivity index (χ3n) is 5.43. The quantitative estimate of drug-likeness (QED) is 0.559. The number of aliphatic carboxylic acids is 1. The van der Waals surface area contributed by atoms with Crippen LogP contribution in [0.5, 0.6) is 0 Å². The van der Waals surface area contributed by atoms with Gasteiger partial charge in [-0.2, -0.15) is 0 Å². The number of carboxylic acids is 1. The van der Waals surface area contributed by atoms with Crippen LogP contribution in [-0.2, 0) is 14.4 Å². The molecule has 2 saturated heterocycles. The Bertz CT molecular complexity index is 677. The minimum atomic E-state index is -1.12. The van der Waals surface area contributed by atoms with Gasteiger partial charge in [0.05, 0.1) is 24.1 Å². The molecule has 6 atom stereocenters. The van der Waals surface area contributed by atoms with E-state index in [-0.39, 0.29) is 40.8 Å². The van der Waals surface area contributed by atoms with Gasteiger partial charge in [0.2, 0.25) is 11.8 Å². The molecular formula is C17H25N3O5S. The summed E-state index contributed by atoms with van der Waals surface area (Å²) in [5, 5.41) is 22.8. The second-order valence-corrected chi connectivity index (χ2v) is 8.78. The molecule has 2 amide bonds. The lowest BCUT2D eigenvalue weighted by atomic mass is 9.79. The Balaban J connectivity index is 1.78. The van der Waals surface area contributed by atoms with Gasteiger partial charge in [0.1, 0.15) is 5.70 Å². The van der Waals surface area contributed by atoms with Crippen molar-refractivity contribution in [3.8, 4) is 0 Å². The summed E-state index contributed by atoms with van der Waals surface area (Å²) in [6.07, 6.45) is -0.190. The molecule has 3 rings (SSSR count). The first kappa shape index (κ1) is 19.2. The Labute approximate surface area is 156 Å². The van der Waals surface area contributed by atoms with E-state index in [0.29, 0.717) is 17.9 Å². The number of amides is 2. The molecule has 0 bridgehead atoms. The maximum atomic E-state index is 12.3. The van der Waals surface area contributed by atoms with Gasteiger partial charge in [0, 0.05) is 36.7 Å². The van der Waals surface area contributed by atoms with Gasteiger partial charge in [-0.05, 0) is 13.3 Å². The first-order valence-corrected chi connectivity index (χ1v) is 9.62. The lowest BCUT2D eigenvalue weighted by Crippen LogP contribution is -2.63. The summed E-state index contributed by atoms with van der Waals surface area (Å²) >= 11 is 1.45. The maximum absolute atomic E-state index is 12.3. The number of aliphatic hydroxyl groups is 1. The number of aliphatic hydroxyl groups excluding tert-OH is 1. The van der Waals surface area contributed by atoms with Crippen molar-refractivity contribution in [2.45, 2.75) is 43.7 Å². The highest BCUT2D eigenvalue weighted by molar-refractivity contribution is 8.03. The van der Waals surface area contributed by atoms with E-state index >= 15 is 0 Å². The highest BCUT2D eigenvalue weighted by Crippen LogP contribution is 2.51. The third kappa shape index (κ3) is 2.91. The Morgan fingerprint density at radius 2 is 2.04 bits per heavy atom. The normalized spacial score (nSPS) is 34.6. The van der Waals surface area contributed by atoms with Crippen LogP contribution in [0.2, 0.25) is 0 Å². The number of fused-ring (bicyclic) bond motifs is 1. The molecule has 8 nitrogen and oxygen atoms in total. The average molecular weight is 383 g/mol. The van der Waals surface area contributed by atoms with Crippen molar-refractivity contribution in [1.82, 2.24) is 15.1 Å². The van der Waals surface area contributed by atoms with Crippen LogP contribution in [0.1, 0.15) is 20.3 Å². The predicted octanol–water partition coefficient (Wildman–Crippen LogP) is -0.308. The number of hydrogen-bond donors (Lipinski definition) is 3. The summed E-state index contributed by atoms with van der Waals surface area (Å²) in [5.41, 5.74) is 0.0387. The van der Waals surface area contributed by atoms with Crippen molar-refractivity contribution in [2.24, 2.45) is 11.8 Å². The van der Waals surface area contributed by atoms with E-state index in [9.17, 15) is 24.6 Å². The SMILES string of the molecule is CC(O)[C@H]1C(=O)N2C(C(=O)O)=C(SC3CNC(C(=O)N(C)C)C3)[C@@H](C)[C@H]12. The molecule has 0 radical (unpaired) electrons. The Morgan fingerprint density at radius 3 is 2.58 bits per heavy atom. The number of hydrogen-bond acceptors (Lipinski definition) is 6. The zero-order chi connectivity index (χ0) is 19.3. The van der Waals surface area contributed by atoms with Crippen LogP contribution in [0.4, 0.5) is 0 Å². The molecule has 0 aliphatic carbocycles. The van der Waals surface area contributed by atoms with Crippen molar-refractivity contribution in [1.29, 1.82) is 0 Å². The third-order valence-corrected chi connectivity index (χ3v) is 6.95. The minimum Gasteiger partial charge on any atom is -0.477 e. The number of carboxylic acid groups (broad SMARTS) is 1. The highest BCUT2D eigenvalue weighted by Gasteiger charge is 2.60. The fraction of sp³-hybridized carbons (Fsp3) is 0.706. The Morgan fingerprint density at radius 1 is 1.38 bits per heavy atom. The van der Waals surface area contributed by atoms with E-state index in [1.54, 1.807) is 25.9 Å². The van der Waals surface area contributed by atoms with E-state index in [1.165, 1.54) is 16.7 Å². The number of nitrogens with zero attached hydrogens (tertiary/aromatic N) is 2. The summed E-state index contributed by atoms with van der Waals surface area (Å²) in [7, 11) is 3.42. The fourth-order valence-corrected chi connectivity index (χ4v) is 5.63. The van der Waals surface area contributed by atoms with Crippen molar-refractivity contribution < 1.29 is 24.6 Å². The van der Waals surface area contributed by atoms with Crippen molar-refractivity contribution in [2.75, 3.05) is 20.6 Å². The van der Waals surface area contributed by atoms with Crippen LogP contribution in [0.3, 0.4) is 0 Å². The van der Waals surface area contributed by atoms with Crippen LogP contribution in [0, 0.1) is 11.8 Å². The van der Waals surface area contributed by atoms with Gasteiger partial charge in [-0.25, -0.2) is 4.79 Å². The smallest absolute Gasteiger partial charge is 0.353 e. The zero-order valence-corrected chi connectivity index (χ0v) is 16.1. The van der Waals surface area contributed by atoms with Gasteiger partial charge in [0.15, 0.2) is 0 Å². The predicted molar refractivity (Wildman–Crippen MR) is 96.1 cm³/mol. The lowest BCUT2D eigenvalue weighted by Gasteiger charge is -2.46. The molecule has 3 N–H and O–H groups in total. The second kappa shape index (κ2) is 6.86. The Kier molecular flexibility index (Phi) is 5.06. The molecule has 144 valence electrons. The summed E-state index contributed by atoms with van der Waals surface area (Å²) in [6.45, 7) is 4.08. The van der Waals surface area contributed by atoms with Crippen LogP contribution in [0.15, 0.2) is 10.6 Å². The van der Waals surface area contributed by atoms with Crippen LogP contribution < -0.4 is 5.32 Å². The molecule has 3 heterocycles. The van der Waals surface area contributed by atoms with Crippen molar-refractivity contribution in [3.05, 3.63) is 10.6 Å². The molecule has 3 unspecified atom stereocenters. The highest BCUT2D eigenvalue weighted by atomic mass is 32.2. The molecule has 26 heavy (non-hydrogen) atoms. The number of likely N-dealkylation sites (N-methyl/N-ethyl adjacent to an activating group) is 1. The maximum Gasteiger partial charge on any atom is 0.353 e. The van der Waals surface area contributed by atoms with Gasteiger partial charge < -0.3 is 25.3 Å². The molecule has 3 aliphatic heterocycles. The van der Waals surface area contributed by atoms with E-state index < -0.39 is 18.0 Å². The number of carbonyl (C=O) groups is 3. The van der Waals surface area contributed by atoms with Crippen LogP contribution in [-0.4, -0.2) is 81.9 Å². The van der Waals surface area contributed by atoms with E-state index in [4.69, 9.17) is 0 Å². The molecule has 0 aromatic rings. The monoisotopic (exact) mass is 383 g/mol. The summed E-state index contributed by atoms with van der Waals surface area (Å²) in [5.74, 6) is -2.14. The number of nitrogens with one attached hydrogen (secondary N) is 1. The molecule has 9 heteroatoms. The first-order chi connectivity index (χ1) is 12.1. The van der Waals surface area contributed by atoms with Crippen molar-refractivity contribution >= 4 is 29.5 Å². The molecule has 0 aromatic heterocycles. The van der Waals surface area contributed by atoms with E-state index in [1.807, 2.05) is 6.92 Å². The molecule has 2 fully saturated rings. The van der Waals surface area contributed by atoms with Gasteiger partial charge in [-0.15, -0.1) is 11.8 Å². The number of rotatable bonds is 5. The van der Waals surface area contributed by atoms with Gasteiger partial charge in [-0.1, -0.05) is 6.92 Å². The molecule has 3 aliphatic rings. The zero-order valence-electron chi connectivity index (χ0n) is 15.3. The summed E-state index contributed by atoms with van der Waals surface area (Å²) < 4.78 is 0. The number of β-lactam (4-membered cyclic amide) rings is 1. The van der Waals surface area contributed by atoms with Gasteiger partial charge in [-0.3, -0.25) is 9.59 Å². The largest absolute Gasteiger partial charge is 0.477 e. The minimum absolute atomic E-state index is 0.00757. The van der Waals surface area contributed by atoms with Crippen LogP contribution >= 0.6 is 11.8 Å². The Hall–Kier alpha value is -1.58. The van der Waals surface area contributed by atoms with E-state index in [2.05, 4.69) is 5.32 Å². The molecule has 0 saturated carbocycles. The molecular weight excluding hydrogens is 358 g/mol. The van der Waals surface area contributed by atoms with Crippen LogP contribution in [0.25, 0.3) is 0 Å².